The van der Waals surface area contributed by atoms with Crippen LogP contribution in [0.3, 0.4) is 0 Å². The van der Waals surface area contributed by atoms with Crippen LogP contribution in [0.1, 0.15) is 5.56 Å². The quantitative estimate of drug-likeness (QED) is 0.320. The summed E-state index contributed by atoms with van der Waals surface area (Å²) in [6.07, 6.45) is -4.74. The van der Waals surface area contributed by atoms with Gasteiger partial charge in [0.05, 0.1) is 27.9 Å². The third-order valence-corrected chi connectivity index (χ3v) is 3.52. The summed E-state index contributed by atoms with van der Waals surface area (Å²) in [6, 6.07) is 8.60. The second-order valence-corrected chi connectivity index (χ2v) is 5.43. The van der Waals surface area contributed by atoms with Crippen LogP contribution in [0.4, 0.5) is 18.9 Å². The van der Waals surface area contributed by atoms with E-state index in [1.165, 1.54) is 45.6 Å². The van der Waals surface area contributed by atoms with Crippen molar-refractivity contribution in [3.63, 3.8) is 0 Å². The third-order valence-electron chi connectivity index (χ3n) is 3.52. The van der Waals surface area contributed by atoms with Crippen LogP contribution in [0.25, 0.3) is 0 Å². The molecule has 160 valence electrons. The van der Waals surface area contributed by atoms with E-state index in [9.17, 15) is 13.2 Å². The van der Waals surface area contributed by atoms with Crippen molar-refractivity contribution in [3.8, 4) is 23.0 Å². The smallest absolute Gasteiger partial charge is 0.493 e. The molecule has 7 nitrogen and oxygen atoms in total. The average Bonchev–Trinajstić information content (AvgIpc) is 2.65. The lowest BCUT2D eigenvalue weighted by Gasteiger charge is -2.13. The van der Waals surface area contributed by atoms with Crippen LogP contribution in [0.15, 0.2) is 41.4 Å². The Labute approximate surface area is 183 Å². The van der Waals surface area contributed by atoms with Crippen LogP contribution >= 0.6 is 24.0 Å². The Morgan fingerprint density at radius 1 is 1.00 bits per heavy atom. The molecule has 11 heteroatoms. The topological polar surface area (TPSA) is 87.3 Å². The molecule has 0 fully saturated rings. The van der Waals surface area contributed by atoms with Crippen LogP contribution in [0.2, 0.25) is 0 Å². The molecule has 2 rings (SSSR count). The first-order valence-corrected chi connectivity index (χ1v) is 7.97. The summed E-state index contributed by atoms with van der Waals surface area (Å²) in [4.78, 5) is 4.20. The summed E-state index contributed by atoms with van der Waals surface area (Å²) in [5.41, 5.74) is 7.05. The number of anilines is 1. The standard InChI is InChI=1S/C18H20F3N3O4.HI/c1-25-14-8-11(9-15(26-2)16(14)27-3)10-23-17(22)24-12-4-6-13(7-5-12)28-18(19,20)21;/h4-9H,10H2,1-3H3,(H3,22,23,24);1H. The molecule has 0 spiro atoms. The number of halogens is 4. The molecule has 0 aromatic heterocycles. The van der Waals surface area contributed by atoms with E-state index in [4.69, 9.17) is 19.9 Å². The SMILES string of the molecule is COc1cc(CN=C(N)Nc2ccc(OC(F)(F)F)cc2)cc(OC)c1OC.I. The van der Waals surface area contributed by atoms with Crippen LogP contribution in [-0.2, 0) is 6.54 Å². The third kappa shape index (κ3) is 7.40. The van der Waals surface area contributed by atoms with E-state index < -0.39 is 6.36 Å². The van der Waals surface area contributed by atoms with Crippen molar-refractivity contribution in [1.29, 1.82) is 0 Å². The summed E-state index contributed by atoms with van der Waals surface area (Å²) in [7, 11) is 4.52. The molecule has 3 N–H and O–H groups in total. The van der Waals surface area contributed by atoms with E-state index in [2.05, 4.69) is 15.0 Å². The highest BCUT2D eigenvalue weighted by molar-refractivity contribution is 14.0. The zero-order valence-corrected chi connectivity index (χ0v) is 18.2. The summed E-state index contributed by atoms with van der Waals surface area (Å²) < 4.78 is 56.1. The van der Waals surface area contributed by atoms with Gasteiger partial charge in [0.2, 0.25) is 5.75 Å². The van der Waals surface area contributed by atoms with Gasteiger partial charge in [-0.2, -0.15) is 0 Å². The highest BCUT2D eigenvalue weighted by atomic mass is 127. The molecule has 0 aliphatic heterocycles. The molecule has 0 amide bonds. The fraction of sp³-hybridized carbons (Fsp3) is 0.278. The fourth-order valence-corrected chi connectivity index (χ4v) is 2.33. The van der Waals surface area contributed by atoms with Gasteiger partial charge < -0.3 is 30.0 Å². The highest BCUT2D eigenvalue weighted by Gasteiger charge is 2.30. The Hall–Kier alpha value is -2.57. The van der Waals surface area contributed by atoms with E-state index in [0.29, 0.717) is 22.9 Å². The van der Waals surface area contributed by atoms with Crippen molar-refractivity contribution in [3.05, 3.63) is 42.0 Å². The molecule has 2 aromatic rings. The van der Waals surface area contributed by atoms with E-state index in [0.717, 1.165) is 5.56 Å². The molecular formula is C18H21F3IN3O4. The van der Waals surface area contributed by atoms with Gasteiger partial charge in [-0.1, -0.05) is 0 Å². The molecule has 29 heavy (non-hydrogen) atoms. The lowest BCUT2D eigenvalue weighted by molar-refractivity contribution is -0.274. The number of aliphatic imine (C=N–C) groups is 1. The summed E-state index contributed by atoms with van der Waals surface area (Å²) in [6.45, 7) is 0.213. The molecule has 0 aliphatic rings. The van der Waals surface area contributed by atoms with Gasteiger partial charge >= 0.3 is 6.36 Å². The Balaban J connectivity index is 0.00000420. The van der Waals surface area contributed by atoms with Crippen LogP contribution in [0.5, 0.6) is 23.0 Å². The lowest BCUT2D eigenvalue weighted by atomic mass is 10.2. The van der Waals surface area contributed by atoms with Crippen LogP contribution in [-0.4, -0.2) is 33.7 Å². The van der Waals surface area contributed by atoms with Gasteiger partial charge in [-0.3, -0.25) is 0 Å². The van der Waals surface area contributed by atoms with Crippen LogP contribution in [0, 0.1) is 0 Å². The molecule has 0 radical (unpaired) electrons. The predicted octanol–water partition coefficient (Wildman–Crippen LogP) is 4.16. The zero-order chi connectivity index (χ0) is 20.7. The number of methoxy groups -OCH3 is 3. The number of alkyl halides is 3. The second-order valence-electron chi connectivity index (χ2n) is 5.43. The molecule has 0 heterocycles. The Morgan fingerprint density at radius 3 is 2.00 bits per heavy atom. The minimum Gasteiger partial charge on any atom is -0.493 e. The molecule has 0 saturated heterocycles. The first-order valence-electron chi connectivity index (χ1n) is 7.97. The maximum Gasteiger partial charge on any atom is 0.573 e. The fourth-order valence-electron chi connectivity index (χ4n) is 2.33. The number of ether oxygens (including phenoxy) is 4. The van der Waals surface area contributed by atoms with Crippen molar-refractivity contribution < 1.29 is 32.1 Å². The number of guanidine groups is 1. The predicted molar refractivity (Wildman–Crippen MR) is 114 cm³/mol. The molecule has 0 aliphatic carbocycles. The molecule has 0 atom stereocenters. The van der Waals surface area contributed by atoms with E-state index in [1.807, 2.05) is 0 Å². The van der Waals surface area contributed by atoms with Gasteiger partial charge in [-0.15, -0.1) is 37.1 Å². The first-order chi connectivity index (χ1) is 13.3. The second kappa shape index (κ2) is 10.8. The molecule has 2 aromatic carbocycles. The van der Waals surface area contributed by atoms with Gasteiger partial charge in [-0.05, 0) is 42.0 Å². The van der Waals surface area contributed by atoms with Crippen molar-refractivity contribution in [1.82, 2.24) is 0 Å². The summed E-state index contributed by atoms with van der Waals surface area (Å²) >= 11 is 0. The van der Waals surface area contributed by atoms with Gasteiger partial charge in [0.1, 0.15) is 5.75 Å². The number of hydrogen-bond donors (Lipinski definition) is 2. The Morgan fingerprint density at radius 2 is 1.55 bits per heavy atom. The van der Waals surface area contributed by atoms with E-state index in [-0.39, 0.29) is 42.2 Å². The van der Waals surface area contributed by atoms with E-state index >= 15 is 0 Å². The van der Waals surface area contributed by atoms with Gasteiger partial charge in [0.15, 0.2) is 17.5 Å². The highest BCUT2D eigenvalue weighted by Crippen LogP contribution is 2.38. The Kier molecular flexibility index (Phi) is 9.14. The summed E-state index contributed by atoms with van der Waals surface area (Å²) in [5.74, 6) is 1.19. The maximum absolute atomic E-state index is 12.2. The number of nitrogens with one attached hydrogen (secondary N) is 1. The Bertz CT molecular complexity index is 805. The van der Waals surface area contributed by atoms with Gasteiger partial charge in [0.25, 0.3) is 0 Å². The number of rotatable bonds is 7. The number of nitrogens with zero attached hydrogens (tertiary/aromatic N) is 1. The van der Waals surface area contributed by atoms with E-state index in [1.54, 1.807) is 12.1 Å². The minimum absolute atomic E-state index is 0. The molecular weight excluding hydrogens is 506 g/mol. The van der Waals surface area contributed by atoms with Crippen LogP contribution < -0.4 is 30.0 Å². The minimum atomic E-state index is -4.74. The average molecular weight is 527 g/mol. The normalized spacial score (nSPS) is 11.3. The number of benzene rings is 2. The largest absolute Gasteiger partial charge is 0.573 e. The van der Waals surface area contributed by atoms with Crippen molar-refractivity contribution >= 4 is 35.6 Å². The molecule has 0 bridgehead atoms. The zero-order valence-electron chi connectivity index (χ0n) is 15.9. The van der Waals surface area contributed by atoms with Crippen molar-refractivity contribution in [2.45, 2.75) is 12.9 Å². The van der Waals surface area contributed by atoms with Crippen molar-refractivity contribution in [2.24, 2.45) is 10.7 Å². The van der Waals surface area contributed by atoms with Gasteiger partial charge in [0, 0.05) is 5.69 Å². The lowest BCUT2D eigenvalue weighted by Crippen LogP contribution is -2.22. The summed E-state index contributed by atoms with van der Waals surface area (Å²) in [5, 5.41) is 2.79. The first kappa shape index (κ1) is 24.5. The van der Waals surface area contributed by atoms with Gasteiger partial charge in [-0.25, -0.2) is 4.99 Å². The number of nitrogens with two attached hydrogens (primary N) is 1. The molecule has 0 saturated carbocycles. The monoisotopic (exact) mass is 527 g/mol. The number of hydrogen-bond acceptors (Lipinski definition) is 5. The maximum atomic E-state index is 12.2. The van der Waals surface area contributed by atoms with Crippen molar-refractivity contribution in [2.75, 3.05) is 26.6 Å². The molecule has 0 unspecified atom stereocenters.